The lowest BCUT2D eigenvalue weighted by molar-refractivity contribution is 0.0901. The third-order valence-electron chi connectivity index (χ3n) is 6.08. The highest BCUT2D eigenvalue weighted by Crippen LogP contribution is 2.25. The second-order valence-electron chi connectivity index (χ2n) is 8.58. The van der Waals surface area contributed by atoms with Gasteiger partial charge in [0.1, 0.15) is 17.7 Å². The molecule has 0 spiro atoms. The van der Waals surface area contributed by atoms with E-state index >= 15 is 0 Å². The molecular weight excluding hydrogens is 454 g/mol. The number of hydrogen-bond donors (Lipinski definition) is 0. The number of benzene rings is 1. The van der Waals surface area contributed by atoms with Crippen LogP contribution >= 0.6 is 0 Å². The van der Waals surface area contributed by atoms with Crippen molar-refractivity contribution in [1.82, 2.24) is 24.6 Å². The van der Waals surface area contributed by atoms with E-state index in [-0.39, 0.29) is 6.10 Å². The molecule has 4 heterocycles. The molecule has 0 radical (unpaired) electrons. The lowest BCUT2D eigenvalue weighted by atomic mass is 10.1. The average molecular weight is 482 g/mol. The lowest BCUT2D eigenvalue weighted by Gasteiger charge is -2.31. The third kappa shape index (κ3) is 4.83. The van der Waals surface area contributed by atoms with Crippen LogP contribution in [0.25, 0.3) is 16.7 Å². The van der Waals surface area contributed by atoms with Crippen LogP contribution in [0.4, 0.5) is 0 Å². The van der Waals surface area contributed by atoms with E-state index in [1.165, 1.54) is 6.26 Å². The number of pyridine rings is 1. The Morgan fingerprint density at radius 3 is 2.65 bits per heavy atom. The maximum absolute atomic E-state index is 11.8. The topological polar surface area (TPSA) is 103 Å². The largest absolute Gasteiger partial charge is 0.489 e. The molecule has 3 aromatic heterocycles. The maximum Gasteiger partial charge on any atom is 0.240 e. The summed E-state index contributed by atoms with van der Waals surface area (Å²) in [6.45, 7) is 4.50. The zero-order valence-electron chi connectivity index (χ0n) is 19.2. The smallest absolute Gasteiger partial charge is 0.240 e. The Balaban J connectivity index is 1.20. The van der Waals surface area contributed by atoms with Crippen LogP contribution in [-0.4, -0.2) is 58.5 Å². The van der Waals surface area contributed by atoms with E-state index in [0.717, 1.165) is 60.6 Å². The minimum Gasteiger partial charge on any atom is -0.489 e. The van der Waals surface area contributed by atoms with Crippen molar-refractivity contribution in [3.63, 3.8) is 0 Å². The molecule has 34 heavy (non-hydrogen) atoms. The number of piperidine rings is 1. The third-order valence-corrected chi connectivity index (χ3v) is 7.19. The van der Waals surface area contributed by atoms with Crippen molar-refractivity contribution >= 4 is 20.7 Å². The van der Waals surface area contributed by atoms with Gasteiger partial charge in [-0.2, -0.15) is 4.98 Å². The number of sulfone groups is 1. The molecule has 5 rings (SSSR count). The Kier molecular flexibility index (Phi) is 6.09. The number of likely N-dealkylation sites (tertiary alicyclic amines) is 1. The molecule has 0 saturated carbocycles. The summed E-state index contributed by atoms with van der Waals surface area (Å²) in [6.07, 6.45) is 7.59. The molecule has 4 aromatic rings. The molecule has 1 saturated heterocycles. The molecule has 10 heteroatoms. The highest BCUT2D eigenvalue weighted by atomic mass is 32.2. The molecule has 0 unspecified atom stereocenters. The zero-order valence-corrected chi connectivity index (χ0v) is 20.0. The van der Waals surface area contributed by atoms with E-state index in [0.29, 0.717) is 17.3 Å². The van der Waals surface area contributed by atoms with Gasteiger partial charge in [-0.1, -0.05) is 12.1 Å². The van der Waals surface area contributed by atoms with Crippen molar-refractivity contribution in [3.05, 3.63) is 60.5 Å². The molecule has 0 atom stereocenters. The van der Waals surface area contributed by atoms with Gasteiger partial charge in [-0.15, -0.1) is 0 Å². The highest BCUT2D eigenvalue weighted by molar-refractivity contribution is 7.90. The number of fused-ring (bicyclic) bond motifs is 1. The fraction of sp³-hybridized carbons (Fsp3) is 0.375. The molecule has 0 bridgehead atoms. The van der Waals surface area contributed by atoms with E-state index in [9.17, 15) is 8.42 Å². The quantitative estimate of drug-likeness (QED) is 0.396. The number of ether oxygens (including phenoxy) is 1. The van der Waals surface area contributed by atoms with Crippen molar-refractivity contribution in [2.24, 2.45) is 0 Å². The van der Waals surface area contributed by atoms with E-state index in [4.69, 9.17) is 9.26 Å². The minimum atomic E-state index is -3.24. The lowest BCUT2D eigenvalue weighted by Crippen LogP contribution is -2.37. The van der Waals surface area contributed by atoms with Crippen molar-refractivity contribution in [1.29, 1.82) is 0 Å². The van der Waals surface area contributed by atoms with Gasteiger partial charge in [0.05, 0.1) is 23.2 Å². The standard InChI is InChI=1S/C24H27N5O4S/c1-3-22-26-24(33-27-22)16-28-11-9-18(10-12-28)32-19-4-7-23(25-15-19)29-13-8-17-14-20(34(2,30)31)5-6-21(17)29/h4-8,13-15,18H,3,9-12,16H2,1-2H3. The number of hydrogen-bond acceptors (Lipinski definition) is 8. The van der Waals surface area contributed by atoms with Crippen LogP contribution in [0.15, 0.2) is 58.2 Å². The van der Waals surface area contributed by atoms with Crippen molar-refractivity contribution in [3.8, 4) is 11.6 Å². The van der Waals surface area contributed by atoms with Gasteiger partial charge in [0.25, 0.3) is 0 Å². The number of aryl methyl sites for hydroxylation is 1. The summed E-state index contributed by atoms with van der Waals surface area (Å²) in [6, 6.07) is 10.8. The summed E-state index contributed by atoms with van der Waals surface area (Å²) in [5.41, 5.74) is 0.897. The predicted molar refractivity (Wildman–Crippen MR) is 127 cm³/mol. The number of nitrogens with zero attached hydrogens (tertiary/aromatic N) is 5. The van der Waals surface area contributed by atoms with Gasteiger partial charge < -0.3 is 13.8 Å². The fourth-order valence-electron chi connectivity index (χ4n) is 4.20. The van der Waals surface area contributed by atoms with Gasteiger partial charge in [0.15, 0.2) is 15.7 Å². The molecule has 178 valence electrons. The van der Waals surface area contributed by atoms with Crippen molar-refractivity contribution < 1.29 is 17.7 Å². The summed E-state index contributed by atoms with van der Waals surface area (Å²) in [5, 5.41) is 4.81. The average Bonchev–Trinajstić information content (AvgIpc) is 3.47. The minimum absolute atomic E-state index is 0.139. The van der Waals surface area contributed by atoms with Crippen molar-refractivity contribution in [2.75, 3.05) is 19.3 Å². The second kappa shape index (κ2) is 9.19. The van der Waals surface area contributed by atoms with Crippen LogP contribution in [0.3, 0.4) is 0 Å². The number of rotatable bonds is 7. The fourth-order valence-corrected chi connectivity index (χ4v) is 4.86. The SMILES string of the molecule is CCc1noc(CN2CCC(Oc3ccc(-n4ccc5cc(S(C)(=O)=O)ccc54)nc3)CC2)n1. The predicted octanol–water partition coefficient (Wildman–Crippen LogP) is 3.42. The maximum atomic E-state index is 11.8. The van der Waals surface area contributed by atoms with Crippen LogP contribution in [0.5, 0.6) is 5.75 Å². The molecule has 1 aromatic carbocycles. The summed E-state index contributed by atoms with van der Waals surface area (Å²) in [4.78, 5) is 11.6. The number of aromatic nitrogens is 4. The zero-order chi connectivity index (χ0) is 23.7. The molecule has 0 amide bonds. The van der Waals surface area contributed by atoms with Gasteiger partial charge >= 0.3 is 0 Å². The van der Waals surface area contributed by atoms with Gasteiger partial charge in [-0.3, -0.25) is 4.90 Å². The molecule has 1 aliphatic rings. The Morgan fingerprint density at radius 1 is 1.15 bits per heavy atom. The first-order valence-corrected chi connectivity index (χ1v) is 13.3. The molecule has 1 fully saturated rings. The molecule has 9 nitrogen and oxygen atoms in total. The monoisotopic (exact) mass is 481 g/mol. The summed E-state index contributed by atoms with van der Waals surface area (Å²) in [7, 11) is -3.24. The van der Waals surface area contributed by atoms with Gasteiger partial charge in [-0.25, -0.2) is 13.4 Å². The Bertz CT molecular complexity index is 1390. The van der Waals surface area contributed by atoms with Crippen molar-refractivity contribution in [2.45, 2.75) is 43.7 Å². The summed E-state index contributed by atoms with van der Waals surface area (Å²) < 4.78 is 37.0. The first-order chi connectivity index (χ1) is 16.4. The first kappa shape index (κ1) is 22.5. The van der Waals surface area contributed by atoms with Crippen LogP contribution in [0.1, 0.15) is 31.5 Å². The van der Waals surface area contributed by atoms with Crippen LogP contribution in [0.2, 0.25) is 0 Å². The van der Waals surface area contributed by atoms with Gasteiger partial charge in [-0.05, 0) is 49.2 Å². The van der Waals surface area contributed by atoms with E-state index in [1.54, 1.807) is 18.3 Å². The molecule has 1 aliphatic heterocycles. The molecule has 0 N–H and O–H groups in total. The van der Waals surface area contributed by atoms with E-state index < -0.39 is 9.84 Å². The molecule has 0 aliphatic carbocycles. The van der Waals surface area contributed by atoms with E-state index in [1.807, 2.05) is 42.0 Å². The highest BCUT2D eigenvalue weighted by Gasteiger charge is 2.22. The van der Waals surface area contributed by atoms with Gasteiger partial charge in [0.2, 0.25) is 5.89 Å². The summed E-state index contributed by atoms with van der Waals surface area (Å²) >= 11 is 0. The normalized spacial score (nSPS) is 15.7. The summed E-state index contributed by atoms with van der Waals surface area (Å²) in [5.74, 6) is 2.90. The molecular formula is C24H27N5O4S. The van der Waals surface area contributed by atoms with E-state index in [2.05, 4.69) is 20.0 Å². The Labute approximate surface area is 198 Å². The first-order valence-electron chi connectivity index (χ1n) is 11.4. The van der Waals surface area contributed by atoms with Gasteiger partial charge in [0, 0.05) is 37.3 Å². The van der Waals surface area contributed by atoms with Crippen LogP contribution in [0, 0.1) is 0 Å². The Morgan fingerprint density at radius 2 is 1.97 bits per heavy atom. The Hall–Kier alpha value is -3.24. The van der Waals surface area contributed by atoms with Crippen LogP contribution < -0.4 is 4.74 Å². The van der Waals surface area contributed by atoms with Crippen LogP contribution in [-0.2, 0) is 22.8 Å². The second-order valence-corrected chi connectivity index (χ2v) is 10.6.